The Morgan fingerprint density at radius 1 is 0.857 bits per heavy atom. The molecule has 6 rings (SSSR count). The maximum absolute atomic E-state index is 13.6. The number of imide groups is 1. The Bertz CT molecular complexity index is 1270. The first-order valence-corrected chi connectivity index (χ1v) is 12.2. The summed E-state index contributed by atoms with van der Waals surface area (Å²) in [5, 5.41) is 11.8. The summed E-state index contributed by atoms with van der Waals surface area (Å²) in [5.41, 5.74) is 3.12. The fraction of sp³-hybridized carbons (Fsp3) is 0.267. The Kier molecular flexibility index (Phi) is 5.39. The van der Waals surface area contributed by atoms with E-state index in [9.17, 15) is 14.7 Å². The van der Waals surface area contributed by atoms with Gasteiger partial charge >= 0.3 is 0 Å². The molecule has 0 bridgehead atoms. The van der Waals surface area contributed by atoms with Crippen molar-refractivity contribution in [3.8, 4) is 0 Å². The van der Waals surface area contributed by atoms with E-state index in [0.29, 0.717) is 25.2 Å². The second kappa shape index (κ2) is 8.59. The molecule has 3 aromatic rings. The van der Waals surface area contributed by atoms with Crippen LogP contribution in [0.5, 0.6) is 0 Å². The molecule has 2 fully saturated rings. The number of amides is 2. The molecule has 5 heteroatoms. The second-order valence-corrected chi connectivity index (χ2v) is 9.98. The third-order valence-electron chi connectivity index (χ3n) is 7.88. The van der Waals surface area contributed by atoms with Gasteiger partial charge < -0.3 is 5.11 Å². The molecule has 0 radical (unpaired) electrons. The van der Waals surface area contributed by atoms with Gasteiger partial charge in [0, 0.05) is 25.0 Å². The number of rotatable bonds is 5. The van der Waals surface area contributed by atoms with Gasteiger partial charge in [0.25, 0.3) is 0 Å². The minimum atomic E-state index is -0.759. The van der Waals surface area contributed by atoms with Crippen molar-refractivity contribution < 1.29 is 14.7 Å². The quantitative estimate of drug-likeness (QED) is 0.450. The number of carbonyl (C=O) groups excluding carboxylic acids is 2. The maximum Gasteiger partial charge on any atom is 0.241 e. The summed E-state index contributed by atoms with van der Waals surface area (Å²) in [5.74, 6) is -1.28. The smallest absolute Gasteiger partial charge is 0.241 e. The molecule has 35 heavy (non-hydrogen) atoms. The molecule has 176 valence electrons. The number of hydrogen-bond donors (Lipinski definition) is 1. The lowest BCUT2D eigenvalue weighted by Gasteiger charge is -2.41. The standard InChI is InChI=1S/C30H28N2O3/c33-27(22-12-6-2-7-13-22)30-17-26-25(28(34)32(29(26)35)24-14-8-3-9-15-24)16-23(30)19-31(20-30)18-21-10-4-1-5-11-21/h1-16,25-27,33H,17-20H2/t25-,26+,27-,30+/m0/s1. The monoisotopic (exact) mass is 464 g/mol. The summed E-state index contributed by atoms with van der Waals surface area (Å²) in [4.78, 5) is 30.7. The highest BCUT2D eigenvalue weighted by Gasteiger charge is 2.59. The van der Waals surface area contributed by atoms with E-state index in [4.69, 9.17) is 0 Å². The maximum atomic E-state index is 13.6. The van der Waals surface area contributed by atoms with E-state index in [1.165, 1.54) is 10.5 Å². The van der Waals surface area contributed by atoms with Crippen molar-refractivity contribution in [3.05, 3.63) is 114 Å². The van der Waals surface area contributed by atoms with Gasteiger partial charge in [0.05, 0.1) is 23.6 Å². The Hall–Kier alpha value is -3.54. The van der Waals surface area contributed by atoms with Crippen molar-refractivity contribution in [1.29, 1.82) is 0 Å². The van der Waals surface area contributed by atoms with Gasteiger partial charge in [-0.25, -0.2) is 4.90 Å². The second-order valence-electron chi connectivity index (χ2n) is 9.98. The molecule has 0 aromatic heterocycles. The predicted molar refractivity (Wildman–Crippen MR) is 134 cm³/mol. The van der Waals surface area contributed by atoms with E-state index in [1.54, 1.807) is 12.1 Å². The van der Waals surface area contributed by atoms with E-state index in [-0.39, 0.29) is 11.8 Å². The summed E-state index contributed by atoms with van der Waals surface area (Å²) < 4.78 is 0. The van der Waals surface area contributed by atoms with Crippen LogP contribution in [-0.4, -0.2) is 34.9 Å². The lowest BCUT2D eigenvalue weighted by Crippen LogP contribution is -2.41. The van der Waals surface area contributed by atoms with Crippen LogP contribution in [0.1, 0.15) is 23.7 Å². The molecule has 4 atom stereocenters. The van der Waals surface area contributed by atoms with Crippen LogP contribution in [0.4, 0.5) is 5.69 Å². The van der Waals surface area contributed by atoms with Crippen LogP contribution in [0.25, 0.3) is 0 Å². The van der Waals surface area contributed by atoms with Crippen LogP contribution in [0.2, 0.25) is 0 Å². The SMILES string of the molecule is O=C1[C@H]2C=C3CN(Cc4ccccc4)C[C@]3([C@@H](O)c3ccccc3)C[C@H]2C(=O)N1c1ccccc1. The lowest BCUT2D eigenvalue weighted by molar-refractivity contribution is -0.123. The Morgan fingerprint density at radius 2 is 1.49 bits per heavy atom. The third kappa shape index (κ3) is 3.63. The van der Waals surface area contributed by atoms with Crippen molar-refractivity contribution in [2.75, 3.05) is 18.0 Å². The average Bonchev–Trinajstić information content (AvgIpc) is 3.37. The van der Waals surface area contributed by atoms with Crippen LogP contribution in [0.3, 0.4) is 0 Å². The van der Waals surface area contributed by atoms with E-state index >= 15 is 0 Å². The molecular formula is C30H28N2O3. The van der Waals surface area contributed by atoms with Crippen molar-refractivity contribution in [2.24, 2.45) is 17.3 Å². The number of aliphatic hydroxyl groups is 1. The normalized spacial score (nSPS) is 26.9. The largest absolute Gasteiger partial charge is 0.387 e. The van der Waals surface area contributed by atoms with Crippen molar-refractivity contribution in [2.45, 2.75) is 19.1 Å². The number of fused-ring (bicyclic) bond motifs is 2. The molecule has 0 spiro atoms. The fourth-order valence-corrected chi connectivity index (χ4v) is 6.24. The molecule has 2 aliphatic heterocycles. The molecule has 2 amide bonds. The van der Waals surface area contributed by atoms with Gasteiger partial charge in [-0.1, -0.05) is 84.9 Å². The van der Waals surface area contributed by atoms with Gasteiger partial charge in [0.15, 0.2) is 0 Å². The van der Waals surface area contributed by atoms with Gasteiger partial charge in [-0.2, -0.15) is 0 Å². The summed E-state index contributed by atoms with van der Waals surface area (Å²) in [6.45, 7) is 2.07. The number of carbonyl (C=O) groups is 2. The van der Waals surface area contributed by atoms with Gasteiger partial charge in [0.1, 0.15) is 0 Å². The van der Waals surface area contributed by atoms with Gasteiger partial charge in [-0.3, -0.25) is 14.5 Å². The van der Waals surface area contributed by atoms with Gasteiger partial charge in [0.2, 0.25) is 11.8 Å². The zero-order valence-electron chi connectivity index (χ0n) is 19.5. The van der Waals surface area contributed by atoms with Crippen LogP contribution in [0, 0.1) is 17.3 Å². The number of aliphatic hydroxyl groups excluding tert-OH is 1. The number of likely N-dealkylation sites (tertiary alicyclic amines) is 1. The van der Waals surface area contributed by atoms with E-state index in [1.807, 2.05) is 72.8 Å². The molecule has 0 unspecified atom stereocenters. The van der Waals surface area contributed by atoms with E-state index < -0.39 is 23.4 Å². The Morgan fingerprint density at radius 3 is 2.17 bits per heavy atom. The molecular weight excluding hydrogens is 436 g/mol. The van der Waals surface area contributed by atoms with Crippen LogP contribution < -0.4 is 4.90 Å². The Labute approximate surface area is 205 Å². The lowest BCUT2D eigenvalue weighted by atomic mass is 9.63. The van der Waals surface area contributed by atoms with Gasteiger partial charge in [-0.15, -0.1) is 0 Å². The summed E-state index contributed by atoms with van der Waals surface area (Å²) in [6, 6.07) is 29.1. The first-order chi connectivity index (χ1) is 17.1. The first kappa shape index (κ1) is 22.0. The molecule has 1 aliphatic carbocycles. The number of anilines is 1. The number of benzene rings is 3. The molecule has 2 heterocycles. The minimum absolute atomic E-state index is 0.164. The highest BCUT2D eigenvalue weighted by Crippen LogP contribution is 2.56. The minimum Gasteiger partial charge on any atom is -0.387 e. The van der Waals surface area contributed by atoms with Crippen molar-refractivity contribution in [3.63, 3.8) is 0 Å². The topological polar surface area (TPSA) is 60.9 Å². The highest BCUT2D eigenvalue weighted by atomic mass is 16.3. The third-order valence-corrected chi connectivity index (χ3v) is 7.88. The Balaban J connectivity index is 1.38. The molecule has 1 N–H and O–H groups in total. The summed E-state index contributed by atoms with van der Waals surface area (Å²) in [7, 11) is 0. The van der Waals surface area contributed by atoms with Crippen molar-refractivity contribution >= 4 is 17.5 Å². The molecule has 3 aliphatic rings. The fourth-order valence-electron chi connectivity index (χ4n) is 6.24. The zero-order chi connectivity index (χ0) is 24.0. The molecule has 0 saturated carbocycles. The zero-order valence-corrected chi connectivity index (χ0v) is 19.5. The van der Waals surface area contributed by atoms with Gasteiger partial charge in [-0.05, 0) is 35.3 Å². The highest BCUT2D eigenvalue weighted by molar-refractivity contribution is 6.22. The summed E-state index contributed by atoms with van der Waals surface area (Å²) in [6.07, 6.45) is 1.71. The summed E-state index contributed by atoms with van der Waals surface area (Å²) >= 11 is 0. The molecule has 2 saturated heterocycles. The van der Waals surface area contributed by atoms with Crippen LogP contribution in [0.15, 0.2) is 103 Å². The van der Waals surface area contributed by atoms with Crippen molar-refractivity contribution in [1.82, 2.24) is 4.90 Å². The van der Waals surface area contributed by atoms with Crippen LogP contribution >= 0.6 is 0 Å². The predicted octanol–water partition coefficient (Wildman–Crippen LogP) is 4.36. The molecule has 3 aromatic carbocycles. The number of para-hydroxylation sites is 1. The number of nitrogens with zero attached hydrogens (tertiary/aromatic N) is 2. The van der Waals surface area contributed by atoms with E-state index in [2.05, 4.69) is 17.0 Å². The number of hydrogen-bond acceptors (Lipinski definition) is 4. The van der Waals surface area contributed by atoms with E-state index in [0.717, 1.165) is 17.7 Å². The first-order valence-electron chi connectivity index (χ1n) is 12.2. The molecule has 5 nitrogen and oxygen atoms in total. The average molecular weight is 465 g/mol. The van der Waals surface area contributed by atoms with Crippen LogP contribution in [-0.2, 0) is 16.1 Å².